The normalized spacial score (nSPS) is 27.9. The van der Waals surface area contributed by atoms with Crippen molar-refractivity contribution in [3.05, 3.63) is 29.8 Å². The molecule has 6 nitrogen and oxygen atoms in total. The van der Waals surface area contributed by atoms with Crippen molar-refractivity contribution in [1.82, 2.24) is 15.3 Å². The van der Waals surface area contributed by atoms with Gasteiger partial charge in [0.2, 0.25) is 5.91 Å². The van der Waals surface area contributed by atoms with Crippen LogP contribution in [0.25, 0.3) is 11.0 Å². The lowest BCUT2D eigenvalue weighted by atomic mass is 9.67. The number of halogens is 1. The summed E-state index contributed by atoms with van der Waals surface area (Å²) < 4.78 is 24.2. The van der Waals surface area contributed by atoms with Crippen LogP contribution < -0.4 is 5.32 Å². The van der Waals surface area contributed by atoms with Crippen LogP contribution in [0.1, 0.15) is 18.7 Å². The molecule has 0 bridgehead atoms. The van der Waals surface area contributed by atoms with E-state index >= 15 is 0 Å². The number of aromatic nitrogens is 2. The Morgan fingerprint density at radius 2 is 2.40 bits per heavy atom. The number of H-pyrrole nitrogens is 1. The number of nitrogens with zero attached hydrogens (tertiary/aromatic N) is 1. The number of imidazole rings is 1. The van der Waals surface area contributed by atoms with Crippen LogP contribution in [0.5, 0.6) is 0 Å². The summed E-state index contributed by atoms with van der Waals surface area (Å²) in [5.41, 5.74) is 1.36. The van der Waals surface area contributed by atoms with Gasteiger partial charge in [-0.15, -0.1) is 0 Å². The van der Waals surface area contributed by atoms with Gasteiger partial charge in [-0.2, -0.15) is 0 Å². The first-order chi connectivity index (χ1) is 12.2. The number of nitrogens with one attached hydrogen (secondary N) is 2. The maximum Gasteiger partial charge on any atom is 0.220 e. The summed E-state index contributed by atoms with van der Waals surface area (Å²) in [4.78, 5) is 19.8. The summed E-state index contributed by atoms with van der Waals surface area (Å²) in [5, 5.41) is 3.14. The topological polar surface area (TPSA) is 76.2 Å². The van der Waals surface area contributed by atoms with Crippen molar-refractivity contribution in [2.45, 2.75) is 31.4 Å². The Morgan fingerprint density at radius 3 is 3.24 bits per heavy atom. The molecule has 1 aromatic carbocycles. The van der Waals surface area contributed by atoms with Crippen LogP contribution in [0.4, 0.5) is 4.39 Å². The highest BCUT2D eigenvalue weighted by Crippen LogP contribution is 2.43. The zero-order chi connectivity index (χ0) is 17.4. The van der Waals surface area contributed by atoms with E-state index in [1.54, 1.807) is 13.2 Å². The highest BCUT2D eigenvalue weighted by molar-refractivity contribution is 5.77. The molecular formula is C18H22FN3O3. The third-order valence-corrected chi connectivity index (χ3v) is 5.30. The van der Waals surface area contributed by atoms with Crippen LogP contribution in [0.15, 0.2) is 18.2 Å². The molecule has 1 aliphatic carbocycles. The number of aromatic amines is 1. The molecule has 4 atom stereocenters. The Hall–Kier alpha value is -1.99. The van der Waals surface area contributed by atoms with Gasteiger partial charge in [0.05, 0.1) is 23.7 Å². The lowest BCUT2D eigenvalue weighted by Gasteiger charge is -2.47. The average molecular weight is 347 g/mol. The largest absolute Gasteiger partial charge is 0.384 e. The maximum absolute atomic E-state index is 13.2. The van der Waals surface area contributed by atoms with Crippen molar-refractivity contribution in [2.75, 3.05) is 20.3 Å². The van der Waals surface area contributed by atoms with Gasteiger partial charge in [0, 0.05) is 44.4 Å². The van der Waals surface area contributed by atoms with Crippen LogP contribution in [0, 0.1) is 17.7 Å². The molecule has 134 valence electrons. The Bertz CT molecular complexity index is 778. The van der Waals surface area contributed by atoms with E-state index in [0.717, 1.165) is 13.0 Å². The van der Waals surface area contributed by atoms with E-state index in [1.165, 1.54) is 12.1 Å². The molecule has 1 saturated carbocycles. The highest BCUT2D eigenvalue weighted by Gasteiger charge is 2.54. The molecule has 0 radical (unpaired) electrons. The van der Waals surface area contributed by atoms with Gasteiger partial charge in [0.15, 0.2) is 0 Å². The lowest BCUT2D eigenvalue weighted by molar-refractivity contribution is -0.129. The summed E-state index contributed by atoms with van der Waals surface area (Å²) in [6.45, 7) is 1.36. The molecule has 0 unspecified atom stereocenters. The molecule has 7 heteroatoms. The van der Waals surface area contributed by atoms with Gasteiger partial charge >= 0.3 is 0 Å². The van der Waals surface area contributed by atoms with Crippen LogP contribution >= 0.6 is 0 Å². The smallest absolute Gasteiger partial charge is 0.220 e. The Morgan fingerprint density at radius 1 is 1.52 bits per heavy atom. The predicted molar refractivity (Wildman–Crippen MR) is 89.5 cm³/mol. The molecule has 1 amide bonds. The zero-order valence-electron chi connectivity index (χ0n) is 14.1. The quantitative estimate of drug-likeness (QED) is 0.835. The maximum atomic E-state index is 13.2. The van der Waals surface area contributed by atoms with E-state index in [1.807, 2.05) is 0 Å². The molecule has 25 heavy (non-hydrogen) atoms. The second-order valence-corrected chi connectivity index (χ2v) is 6.85. The fraction of sp³-hybridized carbons (Fsp3) is 0.556. The molecule has 2 aromatic rings. The molecular weight excluding hydrogens is 325 g/mol. The fourth-order valence-corrected chi connectivity index (χ4v) is 4.08. The number of carbonyl (C=O) groups excluding carboxylic acids is 1. The molecule has 2 aliphatic rings. The van der Waals surface area contributed by atoms with E-state index in [0.29, 0.717) is 42.2 Å². The molecule has 1 saturated heterocycles. The van der Waals surface area contributed by atoms with Gasteiger partial charge in [0.25, 0.3) is 0 Å². The van der Waals surface area contributed by atoms with E-state index in [4.69, 9.17) is 9.47 Å². The van der Waals surface area contributed by atoms with Gasteiger partial charge in [-0.3, -0.25) is 4.79 Å². The second kappa shape index (κ2) is 6.72. The minimum absolute atomic E-state index is 0.00286. The van der Waals surface area contributed by atoms with Gasteiger partial charge in [-0.1, -0.05) is 0 Å². The lowest BCUT2D eigenvalue weighted by Crippen LogP contribution is -2.62. The monoisotopic (exact) mass is 347 g/mol. The third-order valence-electron chi connectivity index (χ3n) is 5.30. The minimum Gasteiger partial charge on any atom is -0.384 e. The van der Waals surface area contributed by atoms with Crippen molar-refractivity contribution in [3.63, 3.8) is 0 Å². The second-order valence-electron chi connectivity index (χ2n) is 6.85. The van der Waals surface area contributed by atoms with Crippen molar-refractivity contribution < 1.29 is 18.7 Å². The molecule has 0 spiro atoms. The SMILES string of the molecule is COC[C@@H]1[C@H](NC(=O)CCc2nc3ccc(F)cc3[nH]2)[C@@H]2CCO[C@H]12. The Kier molecular flexibility index (Phi) is 4.43. The molecule has 2 heterocycles. The molecule has 4 rings (SSSR count). The summed E-state index contributed by atoms with van der Waals surface area (Å²) in [5.74, 6) is 1.03. The highest BCUT2D eigenvalue weighted by atomic mass is 19.1. The minimum atomic E-state index is -0.303. The summed E-state index contributed by atoms with van der Waals surface area (Å²) in [6.07, 6.45) is 2.05. The number of methoxy groups -OCH3 is 1. The first-order valence-corrected chi connectivity index (χ1v) is 8.70. The van der Waals surface area contributed by atoms with Gasteiger partial charge in [-0.05, 0) is 24.6 Å². The van der Waals surface area contributed by atoms with Crippen LogP contribution in [0.2, 0.25) is 0 Å². The Labute approximate surface area is 145 Å². The van der Waals surface area contributed by atoms with Crippen LogP contribution in [0.3, 0.4) is 0 Å². The number of hydrogen-bond donors (Lipinski definition) is 2. The first-order valence-electron chi connectivity index (χ1n) is 8.70. The number of hydrogen-bond acceptors (Lipinski definition) is 4. The number of rotatable bonds is 6. The number of amides is 1. The first kappa shape index (κ1) is 16.5. The molecule has 2 fully saturated rings. The third kappa shape index (κ3) is 3.14. The van der Waals surface area contributed by atoms with E-state index < -0.39 is 0 Å². The number of fused-ring (bicyclic) bond motifs is 2. The summed E-state index contributed by atoms with van der Waals surface area (Å²) in [6, 6.07) is 4.56. The molecule has 2 N–H and O–H groups in total. The van der Waals surface area contributed by atoms with Gasteiger partial charge < -0.3 is 19.8 Å². The fourth-order valence-electron chi connectivity index (χ4n) is 4.08. The predicted octanol–water partition coefficient (Wildman–Crippen LogP) is 1.80. The van der Waals surface area contributed by atoms with E-state index in [-0.39, 0.29) is 29.8 Å². The van der Waals surface area contributed by atoms with E-state index in [9.17, 15) is 9.18 Å². The van der Waals surface area contributed by atoms with Gasteiger partial charge in [0.1, 0.15) is 11.6 Å². The Balaban J connectivity index is 1.34. The van der Waals surface area contributed by atoms with Crippen molar-refractivity contribution in [2.24, 2.45) is 11.8 Å². The number of benzene rings is 1. The average Bonchev–Trinajstić information content (AvgIpc) is 3.19. The van der Waals surface area contributed by atoms with Crippen molar-refractivity contribution in [3.8, 4) is 0 Å². The van der Waals surface area contributed by atoms with Gasteiger partial charge in [-0.25, -0.2) is 9.37 Å². The van der Waals surface area contributed by atoms with Crippen molar-refractivity contribution in [1.29, 1.82) is 0 Å². The summed E-state index contributed by atoms with van der Waals surface area (Å²) >= 11 is 0. The zero-order valence-corrected chi connectivity index (χ0v) is 14.1. The van der Waals surface area contributed by atoms with Crippen molar-refractivity contribution >= 4 is 16.9 Å². The van der Waals surface area contributed by atoms with Crippen LogP contribution in [-0.4, -0.2) is 48.3 Å². The number of ether oxygens (including phenoxy) is 2. The number of carbonyl (C=O) groups is 1. The van der Waals surface area contributed by atoms with Crippen LogP contribution in [-0.2, 0) is 20.7 Å². The van der Waals surface area contributed by atoms with E-state index in [2.05, 4.69) is 15.3 Å². The number of aryl methyl sites for hydroxylation is 1. The summed E-state index contributed by atoms with van der Waals surface area (Å²) in [7, 11) is 1.67. The standard InChI is InChI=1S/C18H22FN3O3/c1-24-9-12-17(11-6-7-25-18(11)12)22-16(23)5-4-15-20-13-3-2-10(19)8-14(13)21-15/h2-3,8,11-12,17-18H,4-7,9H2,1H3,(H,20,21)(H,22,23)/t11-,12+,17+,18-/m0/s1. The molecule has 1 aromatic heterocycles. The molecule has 1 aliphatic heterocycles.